The van der Waals surface area contributed by atoms with Gasteiger partial charge in [0.05, 0.1) is 18.8 Å². The summed E-state index contributed by atoms with van der Waals surface area (Å²) in [6, 6.07) is 5.59. The molecule has 1 aromatic carbocycles. The van der Waals surface area contributed by atoms with Gasteiger partial charge in [-0.15, -0.1) is 0 Å². The minimum absolute atomic E-state index is 0.225. The zero-order valence-corrected chi connectivity index (χ0v) is 15.5. The van der Waals surface area contributed by atoms with E-state index < -0.39 is 0 Å². The maximum absolute atomic E-state index is 12.3. The van der Waals surface area contributed by atoms with Gasteiger partial charge >= 0.3 is 0 Å². The van der Waals surface area contributed by atoms with Gasteiger partial charge < -0.3 is 24.8 Å². The minimum atomic E-state index is -0.225. The first-order valence-electron chi connectivity index (χ1n) is 9.31. The molecule has 0 radical (unpaired) electrons. The molecule has 9 nitrogen and oxygen atoms in total. The average molecular weight is 385 g/mol. The molecule has 2 aliphatic rings. The van der Waals surface area contributed by atoms with Crippen LogP contribution in [0.4, 0.5) is 5.95 Å². The van der Waals surface area contributed by atoms with Crippen LogP contribution in [0, 0.1) is 0 Å². The quantitative estimate of drug-likeness (QED) is 0.725. The smallest absolute Gasteiger partial charge is 0.254 e. The number of aromatic nitrogens is 2. The maximum Gasteiger partial charge on any atom is 0.254 e. The summed E-state index contributed by atoms with van der Waals surface area (Å²) in [5.41, 5.74) is 1.35. The van der Waals surface area contributed by atoms with Crippen LogP contribution < -0.4 is 20.1 Å². The Kier molecular flexibility index (Phi) is 5.83. The molecule has 2 aromatic rings. The van der Waals surface area contributed by atoms with Crippen molar-refractivity contribution in [2.75, 3.05) is 51.5 Å². The second-order valence-corrected chi connectivity index (χ2v) is 6.55. The Labute approximate surface area is 163 Å². The lowest BCUT2D eigenvalue weighted by Gasteiger charge is -2.26. The van der Waals surface area contributed by atoms with Gasteiger partial charge in [-0.1, -0.05) is 6.07 Å². The Balaban J connectivity index is 1.23. The van der Waals surface area contributed by atoms with Gasteiger partial charge in [-0.2, -0.15) is 0 Å². The van der Waals surface area contributed by atoms with Crippen LogP contribution in [0.2, 0.25) is 0 Å². The van der Waals surface area contributed by atoms with Crippen molar-refractivity contribution in [2.24, 2.45) is 0 Å². The first kappa shape index (κ1) is 18.5. The average Bonchev–Trinajstić information content (AvgIpc) is 3.21. The lowest BCUT2D eigenvalue weighted by Crippen LogP contribution is -2.39. The van der Waals surface area contributed by atoms with Crippen molar-refractivity contribution in [1.29, 1.82) is 0 Å². The van der Waals surface area contributed by atoms with E-state index in [1.165, 1.54) is 12.4 Å². The fourth-order valence-corrected chi connectivity index (χ4v) is 3.02. The van der Waals surface area contributed by atoms with Crippen molar-refractivity contribution in [2.45, 2.75) is 6.54 Å². The highest BCUT2D eigenvalue weighted by Gasteiger charge is 2.14. The van der Waals surface area contributed by atoms with E-state index in [1.54, 1.807) is 0 Å². The molecule has 2 aliphatic heterocycles. The van der Waals surface area contributed by atoms with Gasteiger partial charge in [-0.25, -0.2) is 9.97 Å². The second kappa shape index (κ2) is 8.85. The molecule has 9 heteroatoms. The SMILES string of the molecule is O=C(NCc1ccc2c(c1)OCO2)c1cnc(NCCN2CCOCC2)nc1. The van der Waals surface area contributed by atoms with Gasteiger partial charge in [0, 0.05) is 45.1 Å². The number of amides is 1. The summed E-state index contributed by atoms with van der Waals surface area (Å²) in [5.74, 6) is 1.71. The number of hydrogen-bond donors (Lipinski definition) is 2. The number of morpholine rings is 1. The molecule has 4 rings (SSSR count). The van der Waals surface area contributed by atoms with E-state index in [0.29, 0.717) is 23.8 Å². The Morgan fingerprint density at radius 2 is 1.89 bits per heavy atom. The second-order valence-electron chi connectivity index (χ2n) is 6.55. The van der Waals surface area contributed by atoms with Crippen LogP contribution in [0.1, 0.15) is 15.9 Å². The molecule has 2 N–H and O–H groups in total. The summed E-state index contributed by atoms with van der Waals surface area (Å²) < 4.78 is 16.0. The Morgan fingerprint density at radius 1 is 1.11 bits per heavy atom. The summed E-state index contributed by atoms with van der Waals surface area (Å²) in [7, 11) is 0. The minimum Gasteiger partial charge on any atom is -0.454 e. The van der Waals surface area contributed by atoms with Crippen molar-refractivity contribution >= 4 is 11.9 Å². The number of ether oxygens (including phenoxy) is 3. The van der Waals surface area contributed by atoms with Gasteiger partial charge in [0.25, 0.3) is 5.91 Å². The first-order valence-corrected chi connectivity index (χ1v) is 9.31. The molecule has 28 heavy (non-hydrogen) atoms. The van der Waals surface area contributed by atoms with E-state index in [2.05, 4.69) is 25.5 Å². The normalized spacial score (nSPS) is 16.0. The van der Waals surface area contributed by atoms with E-state index in [-0.39, 0.29) is 12.7 Å². The highest BCUT2D eigenvalue weighted by molar-refractivity contribution is 5.93. The molecule has 0 bridgehead atoms. The van der Waals surface area contributed by atoms with Crippen LogP contribution in [0.3, 0.4) is 0 Å². The predicted molar refractivity (Wildman–Crippen MR) is 102 cm³/mol. The lowest BCUT2D eigenvalue weighted by molar-refractivity contribution is 0.0398. The number of carbonyl (C=O) groups is 1. The highest BCUT2D eigenvalue weighted by atomic mass is 16.7. The summed E-state index contributed by atoms with van der Waals surface area (Å²) >= 11 is 0. The molecular weight excluding hydrogens is 362 g/mol. The van der Waals surface area contributed by atoms with Crippen LogP contribution in [-0.4, -0.2) is 67.0 Å². The third kappa shape index (κ3) is 4.68. The van der Waals surface area contributed by atoms with Crippen LogP contribution in [0.15, 0.2) is 30.6 Å². The molecule has 1 aromatic heterocycles. The molecule has 1 saturated heterocycles. The number of nitrogens with zero attached hydrogens (tertiary/aromatic N) is 3. The number of rotatable bonds is 7. The van der Waals surface area contributed by atoms with Crippen molar-refractivity contribution in [3.05, 3.63) is 41.7 Å². The van der Waals surface area contributed by atoms with E-state index in [9.17, 15) is 4.79 Å². The molecule has 0 spiro atoms. The van der Waals surface area contributed by atoms with Gasteiger partial charge in [0.15, 0.2) is 11.5 Å². The molecule has 148 valence electrons. The third-order valence-electron chi connectivity index (χ3n) is 4.62. The lowest BCUT2D eigenvalue weighted by atomic mass is 10.2. The Hall–Kier alpha value is -2.91. The van der Waals surface area contributed by atoms with Gasteiger partial charge in [-0.05, 0) is 17.7 Å². The fourth-order valence-electron chi connectivity index (χ4n) is 3.02. The molecule has 1 amide bonds. The van der Waals surface area contributed by atoms with Crippen LogP contribution in [-0.2, 0) is 11.3 Å². The highest BCUT2D eigenvalue weighted by Crippen LogP contribution is 2.32. The molecule has 0 saturated carbocycles. The summed E-state index contributed by atoms with van der Waals surface area (Å²) in [4.78, 5) is 23.1. The zero-order chi connectivity index (χ0) is 19.2. The third-order valence-corrected chi connectivity index (χ3v) is 4.62. The van der Waals surface area contributed by atoms with Crippen LogP contribution >= 0.6 is 0 Å². The number of fused-ring (bicyclic) bond motifs is 1. The Bertz CT molecular complexity index is 808. The largest absolute Gasteiger partial charge is 0.454 e. The molecule has 0 atom stereocenters. The van der Waals surface area contributed by atoms with Crippen LogP contribution in [0.5, 0.6) is 11.5 Å². The van der Waals surface area contributed by atoms with Crippen molar-refractivity contribution in [3.8, 4) is 11.5 Å². The fraction of sp³-hybridized carbons (Fsp3) is 0.421. The molecule has 0 unspecified atom stereocenters. The van der Waals surface area contributed by atoms with Gasteiger partial charge in [0.1, 0.15) is 0 Å². The van der Waals surface area contributed by atoms with E-state index in [4.69, 9.17) is 14.2 Å². The van der Waals surface area contributed by atoms with E-state index in [0.717, 1.165) is 50.7 Å². The van der Waals surface area contributed by atoms with E-state index >= 15 is 0 Å². The summed E-state index contributed by atoms with van der Waals surface area (Å²) in [5, 5.41) is 6.04. The number of hydrogen-bond acceptors (Lipinski definition) is 8. The van der Waals surface area contributed by atoms with Gasteiger partial charge in [-0.3, -0.25) is 9.69 Å². The number of carbonyl (C=O) groups excluding carboxylic acids is 1. The molecular formula is C19H23N5O4. The predicted octanol–water partition coefficient (Wildman–Crippen LogP) is 0.879. The zero-order valence-electron chi connectivity index (χ0n) is 15.5. The first-order chi connectivity index (χ1) is 13.8. The topological polar surface area (TPSA) is 97.8 Å². The monoisotopic (exact) mass is 385 g/mol. The van der Waals surface area contributed by atoms with Gasteiger partial charge in [0.2, 0.25) is 12.7 Å². The Morgan fingerprint density at radius 3 is 2.71 bits per heavy atom. The number of anilines is 1. The maximum atomic E-state index is 12.3. The summed E-state index contributed by atoms with van der Waals surface area (Å²) in [6.07, 6.45) is 3.05. The number of benzene rings is 1. The molecule has 1 fully saturated rings. The molecule has 3 heterocycles. The van der Waals surface area contributed by atoms with E-state index in [1.807, 2.05) is 18.2 Å². The standard InChI is InChI=1S/C19H23N5O4/c25-18(21-10-14-1-2-16-17(9-14)28-13-27-16)15-11-22-19(23-12-15)20-3-4-24-5-7-26-8-6-24/h1-2,9,11-12H,3-8,10,13H2,(H,21,25)(H,20,22,23). The van der Waals surface area contributed by atoms with Crippen LogP contribution in [0.25, 0.3) is 0 Å². The van der Waals surface area contributed by atoms with Crippen molar-refractivity contribution < 1.29 is 19.0 Å². The number of nitrogens with one attached hydrogen (secondary N) is 2. The summed E-state index contributed by atoms with van der Waals surface area (Å²) in [6.45, 7) is 5.74. The molecule has 0 aliphatic carbocycles. The van der Waals surface area contributed by atoms with Crippen molar-refractivity contribution in [3.63, 3.8) is 0 Å². The van der Waals surface area contributed by atoms with Crippen molar-refractivity contribution in [1.82, 2.24) is 20.2 Å².